The number of pyridine rings is 1. The molecule has 0 saturated heterocycles. The molecule has 0 unspecified atom stereocenters. The van der Waals surface area contributed by atoms with Gasteiger partial charge in [0.25, 0.3) is 0 Å². The van der Waals surface area contributed by atoms with Crippen molar-refractivity contribution < 1.29 is 9.53 Å². The van der Waals surface area contributed by atoms with Crippen molar-refractivity contribution in [3.8, 4) is 22.8 Å². The van der Waals surface area contributed by atoms with Gasteiger partial charge in [0.2, 0.25) is 11.8 Å². The Labute approximate surface area is 226 Å². The highest BCUT2D eigenvalue weighted by Gasteiger charge is 2.15. The Bertz CT molecular complexity index is 1300. The van der Waals surface area contributed by atoms with E-state index in [1.54, 1.807) is 29.2 Å². The molecule has 2 N–H and O–H groups in total. The maximum Gasteiger partial charge on any atom is 0.220 e. The third-order valence-electron chi connectivity index (χ3n) is 5.72. The molecule has 9 heteroatoms. The number of aromatic nitrogens is 3. The number of nitrogens with one attached hydrogen (secondary N) is 2. The van der Waals surface area contributed by atoms with Crippen LogP contribution in [0.2, 0.25) is 10.0 Å². The third kappa shape index (κ3) is 7.55. The number of rotatable bonds is 12. The molecule has 192 valence electrons. The van der Waals surface area contributed by atoms with E-state index < -0.39 is 0 Å². The molecule has 1 atom stereocenters. The van der Waals surface area contributed by atoms with Gasteiger partial charge < -0.3 is 15.4 Å². The number of hydrogen-bond acceptors (Lipinski definition) is 5. The topological polar surface area (TPSA) is 81.1 Å². The minimum absolute atomic E-state index is 0.00572. The van der Waals surface area contributed by atoms with Gasteiger partial charge in [-0.05, 0) is 55.8 Å². The number of ether oxygens (including phenoxy) is 1. The first-order valence-electron chi connectivity index (χ1n) is 12.1. The van der Waals surface area contributed by atoms with Crippen LogP contribution in [0.15, 0.2) is 79.1 Å². The lowest BCUT2D eigenvalue weighted by Crippen LogP contribution is -2.42. The number of likely N-dealkylation sites (N-methyl/N-ethyl adjacent to an activating group) is 1. The Balaban J connectivity index is 1.38. The van der Waals surface area contributed by atoms with Crippen LogP contribution in [0.5, 0.6) is 5.88 Å². The second kappa shape index (κ2) is 13.2. The maximum atomic E-state index is 12.6. The zero-order chi connectivity index (χ0) is 26.0. The van der Waals surface area contributed by atoms with Gasteiger partial charge in [0.1, 0.15) is 0 Å². The first-order valence-corrected chi connectivity index (χ1v) is 12.9. The van der Waals surface area contributed by atoms with Crippen molar-refractivity contribution in [2.24, 2.45) is 0 Å². The van der Waals surface area contributed by atoms with E-state index in [1.807, 2.05) is 49.5 Å². The Morgan fingerprint density at radius 1 is 1.05 bits per heavy atom. The van der Waals surface area contributed by atoms with Crippen LogP contribution < -0.4 is 15.4 Å². The van der Waals surface area contributed by atoms with Gasteiger partial charge in [0, 0.05) is 43.0 Å². The molecule has 4 rings (SSSR count). The van der Waals surface area contributed by atoms with E-state index in [0.717, 1.165) is 12.0 Å². The number of halogens is 2. The largest absolute Gasteiger partial charge is 0.478 e. The van der Waals surface area contributed by atoms with Gasteiger partial charge in [-0.15, -0.1) is 0 Å². The highest BCUT2D eigenvalue weighted by atomic mass is 35.5. The molecular weight excluding hydrogens is 509 g/mol. The van der Waals surface area contributed by atoms with Crippen LogP contribution in [0.25, 0.3) is 16.9 Å². The number of carbonyl (C=O) groups excluding carboxylic acids is 1. The average molecular weight is 538 g/mol. The Hall–Kier alpha value is -3.39. The molecule has 4 aromatic rings. The van der Waals surface area contributed by atoms with Gasteiger partial charge >= 0.3 is 0 Å². The zero-order valence-electron chi connectivity index (χ0n) is 20.5. The molecule has 0 fully saturated rings. The Kier molecular flexibility index (Phi) is 9.54. The number of carbonyl (C=O) groups is 1. The Morgan fingerprint density at radius 3 is 2.62 bits per heavy atom. The fourth-order valence-corrected chi connectivity index (χ4v) is 4.24. The summed E-state index contributed by atoms with van der Waals surface area (Å²) in [6, 6.07) is 21.1. The number of benzene rings is 2. The third-order valence-corrected chi connectivity index (χ3v) is 6.46. The standard InChI is InChI=1S/C28H29Cl2N5O2/c1-31-19-22(15-20-7-3-2-4-8-20)33-27(36)10-6-14-37-28-17-26(21-9-5-13-32-18-21)34-35(28)23-11-12-24(29)25(30)16-23/h2-5,7-9,11-13,16-18,22,31H,6,10,14-15,19H2,1H3,(H,33,36)/t22-/m0/s1. The molecule has 0 aliphatic heterocycles. The van der Waals surface area contributed by atoms with Crippen LogP contribution in [-0.4, -0.2) is 46.9 Å². The van der Waals surface area contributed by atoms with Gasteiger partial charge in [-0.3, -0.25) is 9.78 Å². The van der Waals surface area contributed by atoms with Crippen molar-refractivity contribution in [3.05, 3.63) is 94.7 Å². The molecule has 7 nitrogen and oxygen atoms in total. The van der Waals surface area contributed by atoms with Gasteiger partial charge in [-0.25, -0.2) is 4.68 Å². The lowest BCUT2D eigenvalue weighted by Gasteiger charge is -2.18. The highest BCUT2D eigenvalue weighted by molar-refractivity contribution is 6.42. The predicted molar refractivity (Wildman–Crippen MR) is 148 cm³/mol. The fourth-order valence-electron chi connectivity index (χ4n) is 3.95. The molecule has 0 aliphatic carbocycles. The van der Waals surface area contributed by atoms with Crippen LogP contribution in [0.3, 0.4) is 0 Å². The van der Waals surface area contributed by atoms with Crippen LogP contribution in [0.1, 0.15) is 18.4 Å². The predicted octanol–water partition coefficient (Wildman–Crippen LogP) is 5.35. The van der Waals surface area contributed by atoms with Crippen molar-refractivity contribution in [2.45, 2.75) is 25.3 Å². The van der Waals surface area contributed by atoms with E-state index >= 15 is 0 Å². The van der Waals surface area contributed by atoms with E-state index in [0.29, 0.717) is 53.3 Å². The average Bonchev–Trinajstić information content (AvgIpc) is 3.34. The summed E-state index contributed by atoms with van der Waals surface area (Å²) in [5.41, 5.74) is 3.47. The van der Waals surface area contributed by atoms with Crippen molar-refractivity contribution in [1.82, 2.24) is 25.4 Å². The molecule has 0 bridgehead atoms. The van der Waals surface area contributed by atoms with Crippen molar-refractivity contribution >= 4 is 29.1 Å². The van der Waals surface area contributed by atoms with Crippen LogP contribution >= 0.6 is 23.2 Å². The smallest absolute Gasteiger partial charge is 0.220 e. The van der Waals surface area contributed by atoms with Crippen LogP contribution in [0.4, 0.5) is 0 Å². The quantitative estimate of drug-likeness (QED) is 0.238. The minimum Gasteiger partial charge on any atom is -0.478 e. The summed E-state index contributed by atoms with van der Waals surface area (Å²) in [7, 11) is 1.88. The van der Waals surface area contributed by atoms with Crippen LogP contribution in [0, 0.1) is 0 Å². The summed E-state index contributed by atoms with van der Waals surface area (Å²) in [4.78, 5) is 16.8. The summed E-state index contributed by atoms with van der Waals surface area (Å²) < 4.78 is 7.75. The lowest BCUT2D eigenvalue weighted by molar-refractivity contribution is -0.122. The van der Waals surface area contributed by atoms with E-state index in [-0.39, 0.29) is 11.9 Å². The molecule has 2 aromatic carbocycles. The number of nitrogens with zero attached hydrogens (tertiary/aromatic N) is 3. The molecule has 1 amide bonds. The van der Waals surface area contributed by atoms with Crippen molar-refractivity contribution in [3.63, 3.8) is 0 Å². The fraction of sp³-hybridized carbons (Fsp3) is 0.250. The minimum atomic E-state index is -0.00572. The normalized spacial score (nSPS) is 11.8. The van der Waals surface area contributed by atoms with E-state index in [9.17, 15) is 4.79 Å². The molecule has 0 spiro atoms. The zero-order valence-corrected chi connectivity index (χ0v) is 22.0. The van der Waals surface area contributed by atoms with Gasteiger partial charge in [0.05, 0.1) is 28.0 Å². The summed E-state index contributed by atoms with van der Waals surface area (Å²) in [6.45, 7) is 1.04. The molecule has 0 aliphatic rings. The summed E-state index contributed by atoms with van der Waals surface area (Å²) >= 11 is 12.3. The van der Waals surface area contributed by atoms with Crippen LogP contribution in [-0.2, 0) is 11.2 Å². The summed E-state index contributed by atoms with van der Waals surface area (Å²) in [6.07, 6.45) is 5.13. The van der Waals surface area contributed by atoms with E-state index in [2.05, 4.69) is 27.8 Å². The van der Waals surface area contributed by atoms with Gasteiger partial charge in [-0.1, -0.05) is 53.5 Å². The lowest BCUT2D eigenvalue weighted by atomic mass is 10.1. The molecule has 2 aromatic heterocycles. The Morgan fingerprint density at radius 2 is 1.89 bits per heavy atom. The summed E-state index contributed by atoms with van der Waals surface area (Å²) in [5, 5.41) is 11.9. The summed E-state index contributed by atoms with van der Waals surface area (Å²) in [5.74, 6) is 0.531. The first-order chi connectivity index (χ1) is 18.0. The van der Waals surface area contributed by atoms with Crippen molar-refractivity contribution in [2.75, 3.05) is 20.2 Å². The van der Waals surface area contributed by atoms with E-state index in [4.69, 9.17) is 33.0 Å². The molecule has 37 heavy (non-hydrogen) atoms. The number of hydrogen-bond donors (Lipinski definition) is 2. The van der Waals surface area contributed by atoms with Gasteiger partial charge in [-0.2, -0.15) is 5.10 Å². The van der Waals surface area contributed by atoms with Crippen molar-refractivity contribution in [1.29, 1.82) is 0 Å². The molecular formula is C28H29Cl2N5O2. The maximum absolute atomic E-state index is 12.6. The first kappa shape index (κ1) is 26.7. The molecule has 0 radical (unpaired) electrons. The molecule has 0 saturated carbocycles. The second-order valence-corrected chi connectivity index (χ2v) is 9.40. The van der Waals surface area contributed by atoms with Gasteiger partial charge in [0.15, 0.2) is 0 Å². The SMILES string of the molecule is CNC[C@H](Cc1ccccc1)NC(=O)CCCOc1cc(-c2cccnc2)nn1-c1ccc(Cl)c(Cl)c1. The van der Waals surface area contributed by atoms with E-state index in [1.165, 1.54) is 5.56 Å². The number of amides is 1. The monoisotopic (exact) mass is 537 g/mol. The molecule has 2 heterocycles. The highest BCUT2D eigenvalue weighted by Crippen LogP contribution is 2.29. The second-order valence-electron chi connectivity index (χ2n) is 8.58.